The molecule has 0 atom stereocenters. The number of nitrogens with zero attached hydrogens (tertiary/aromatic N) is 3. The smallest absolute Gasteiger partial charge is 0.178 e. The van der Waals surface area contributed by atoms with Crippen molar-refractivity contribution in [3.8, 4) is 34.5 Å². The van der Waals surface area contributed by atoms with Crippen LogP contribution in [0.2, 0.25) is 45.2 Å². The van der Waals surface area contributed by atoms with Gasteiger partial charge < -0.3 is 61.3 Å². The average molecular weight is 1310 g/mol. The van der Waals surface area contributed by atoms with Gasteiger partial charge in [-0.25, -0.2) is 0 Å². The van der Waals surface area contributed by atoms with Crippen LogP contribution in [0.5, 0.6) is 34.5 Å². The summed E-state index contributed by atoms with van der Waals surface area (Å²) in [4.78, 5) is 5.93. The Morgan fingerprint density at radius 1 is 0.430 bits per heavy atom. The normalized spacial score (nSPS) is 13.6. The fourth-order valence-corrected chi connectivity index (χ4v) is 11.9. The van der Waals surface area contributed by atoms with E-state index in [2.05, 4.69) is 47.1 Å². The summed E-state index contributed by atoms with van der Waals surface area (Å²) < 4.78 is 0. The second-order valence-electron chi connectivity index (χ2n) is 18.7. The lowest BCUT2D eigenvalue weighted by molar-refractivity contribution is 0.375. The first-order chi connectivity index (χ1) is 37.6. The molecule has 0 aliphatic carbocycles. The summed E-state index contributed by atoms with van der Waals surface area (Å²) in [7, 11) is 0. The van der Waals surface area contributed by atoms with Gasteiger partial charge in [0.05, 0.1) is 40.2 Å². The average Bonchev–Trinajstić information content (AvgIpc) is 3.76. The first-order valence-electron chi connectivity index (χ1n) is 24.6. The minimum atomic E-state index is -0.402. The standard InChI is InChI=1S/C19H19Cl3N2O2S.C18H16Cl4N2O2S.C18H18Cl2N2O2S/c20-12-5-3-11(4-6-12)7-8-23-19(27)24-9-1-2-13-14(10-24)16(22)18(26)17(25)15(13)21;19-12-2-1-9(7-13(12)20)3-5-23-18(27)24-6-4-10-11(8-24)15(22)17(26)16(25)14(10)21;1-10-2-4-11(5-3-10)8-21-18(25)22-7-6-12-13(9-22)15(20)17(24)16(23)14(12)19/h3-6,25-26H,1-2,7-10H2,(H,23,27);1-2,7,25-26H,3-6,8H2,(H,23,27);2-5,23-24H,6-9H2,1H3,(H,21,25). The summed E-state index contributed by atoms with van der Waals surface area (Å²) in [5.41, 5.74) is 8.95. The van der Waals surface area contributed by atoms with Crippen LogP contribution in [0.25, 0.3) is 0 Å². The number of rotatable bonds is 8. The molecule has 12 nitrogen and oxygen atoms in total. The van der Waals surface area contributed by atoms with Gasteiger partial charge in [-0.2, -0.15) is 0 Å². The van der Waals surface area contributed by atoms with E-state index in [0.29, 0.717) is 114 Å². The van der Waals surface area contributed by atoms with Crippen LogP contribution in [-0.2, 0) is 58.3 Å². The van der Waals surface area contributed by atoms with Crippen LogP contribution in [0.4, 0.5) is 0 Å². The largest absolute Gasteiger partial charge is 0.503 e. The summed E-state index contributed by atoms with van der Waals surface area (Å²) in [5.74, 6) is -2.27. The van der Waals surface area contributed by atoms with Gasteiger partial charge >= 0.3 is 0 Å². The molecule has 24 heteroatoms. The highest BCUT2D eigenvalue weighted by Gasteiger charge is 2.30. The molecule has 6 aromatic rings. The third-order valence-electron chi connectivity index (χ3n) is 13.5. The number of hydrogen-bond donors (Lipinski definition) is 9. The molecule has 0 spiro atoms. The predicted octanol–water partition coefficient (Wildman–Crippen LogP) is 14.3. The fourth-order valence-electron chi connectivity index (χ4n) is 9.02. The summed E-state index contributed by atoms with van der Waals surface area (Å²) >= 11 is 71.5. The molecule has 6 aromatic carbocycles. The molecule has 0 aromatic heterocycles. The van der Waals surface area contributed by atoms with Crippen molar-refractivity contribution in [2.75, 3.05) is 32.7 Å². The Bertz CT molecular complexity index is 3270. The van der Waals surface area contributed by atoms with Gasteiger partial charge in [0.2, 0.25) is 0 Å². The number of nitrogens with one attached hydrogen (secondary N) is 3. The lowest BCUT2D eigenvalue weighted by Gasteiger charge is -2.32. The number of phenolic OH excluding ortho intramolecular Hbond substituents is 6. The van der Waals surface area contributed by atoms with Gasteiger partial charge in [0.25, 0.3) is 0 Å². The summed E-state index contributed by atoms with van der Waals surface area (Å²) in [6.07, 6.45) is 4.19. The molecule has 0 radical (unpaired) electrons. The molecule has 0 saturated carbocycles. The second kappa shape index (κ2) is 28.2. The van der Waals surface area contributed by atoms with Crippen molar-refractivity contribution in [3.63, 3.8) is 0 Å². The maximum atomic E-state index is 10.0. The van der Waals surface area contributed by atoms with E-state index in [4.69, 9.17) is 141 Å². The number of aromatic hydroxyl groups is 6. The molecule has 420 valence electrons. The predicted molar refractivity (Wildman–Crippen MR) is 333 cm³/mol. The van der Waals surface area contributed by atoms with Crippen molar-refractivity contribution in [1.29, 1.82) is 0 Å². The third-order valence-corrected chi connectivity index (χ3v) is 18.1. The number of benzene rings is 6. The number of thiocarbonyl (C=S) groups is 3. The zero-order valence-electron chi connectivity index (χ0n) is 42.1. The number of hydrogen-bond acceptors (Lipinski definition) is 9. The molecule has 0 unspecified atom stereocenters. The number of aryl methyl sites for hydroxylation is 1. The van der Waals surface area contributed by atoms with Crippen molar-refractivity contribution in [2.45, 2.75) is 71.6 Å². The highest BCUT2D eigenvalue weighted by molar-refractivity contribution is 7.80. The maximum Gasteiger partial charge on any atom is 0.178 e. The molecular formula is C55H53Cl9N6O6S3. The van der Waals surface area contributed by atoms with Crippen LogP contribution in [-0.4, -0.2) is 93.4 Å². The summed E-state index contributed by atoms with van der Waals surface area (Å²) in [6, 6.07) is 21.5. The Morgan fingerprint density at radius 3 is 1.24 bits per heavy atom. The molecule has 3 heterocycles. The maximum absolute atomic E-state index is 10.0. The molecule has 9 N–H and O–H groups in total. The Kier molecular flexibility index (Phi) is 22.3. The van der Waals surface area contributed by atoms with Crippen molar-refractivity contribution < 1.29 is 30.6 Å². The molecule has 3 aliphatic heterocycles. The van der Waals surface area contributed by atoms with Gasteiger partial charge in [0.15, 0.2) is 49.8 Å². The number of fused-ring (bicyclic) bond motifs is 3. The Morgan fingerprint density at radius 2 is 0.797 bits per heavy atom. The molecule has 9 rings (SSSR count). The fraction of sp³-hybridized carbons (Fsp3) is 0.291. The van der Waals surface area contributed by atoms with Crippen molar-refractivity contribution >= 4 is 156 Å². The number of halogens is 9. The van der Waals surface area contributed by atoms with E-state index >= 15 is 0 Å². The van der Waals surface area contributed by atoms with Gasteiger partial charge in [-0.15, -0.1) is 0 Å². The molecule has 0 fully saturated rings. The monoisotopic (exact) mass is 1300 g/mol. The molecule has 3 aliphatic rings. The van der Waals surface area contributed by atoms with Gasteiger partial charge in [-0.1, -0.05) is 152 Å². The van der Waals surface area contributed by atoms with E-state index in [-0.39, 0.29) is 58.9 Å². The van der Waals surface area contributed by atoms with Crippen molar-refractivity contribution in [2.24, 2.45) is 0 Å². The van der Waals surface area contributed by atoms with Crippen LogP contribution < -0.4 is 16.0 Å². The van der Waals surface area contributed by atoms with Gasteiger partial charge in [-0.05, 0) is 156 Å². The minimum Gasteiger partial charge on any atom is -0.503 e. The Labute approximate surface area is 519 Å². The van der Waals surface area contributed by atoms with E-state index in [9.17, 15) is 30.6 Å². The van der Waals surface area contributed by atoms with Crippen LogP contribution >= 0.6 is 141 Å². The van der Waals surface area contributed by atoms with E-state index in [1.54, 1.807) is 6.07 Å². The number of phenols is 6. The second-order valence-corrected chi connectivity index (χ2v) is 23.4. The van der Waals surface area contributed by atoms with E-state index in [0.717, 1.165) is 58.6 Å². The van der Waals surface area contributed by atoms with Crippen LogP contribution in [0.3, 0.4) is 0 Å². The minimum absolute atomic E-state index is 0.107. The van der Waals surface area contributed by atoms with Crippen LogP contribution in [0.1, 0.15) is 62.1 Å². The molecule has 0 saturated heterocycles. The van der Waals surface area contributed by atoms with Crippen LogP contribution in [0.15, 0.2) is 66.7 Å². The quantitative estimate of drug-likeness (QED) is 0.0521. The van der Waals surface area contributed by atoms with Gasteiger partial charge in [-0.3, -0.25) is 0 Å². The van der Waals surface area contributed by atoms with E-state index < -0.39 is 5.75 Å². The highest BCUT2D eigenvalue weighted by atomic mass is 35.5. The van der Waals surface area contributed by atoms with Crippen molar-refractivity contribution in [3.05, 3.63) is 168 Å². The lowest BCUT2D eigenvalue weighted by Crippen LogP contribution is -2.43. The molecule has 0 amide bonds. The first kappa shape index (κ1) is 62.4. The van der Waals surface area contributed by atoms with Crippen LogP contribution in [0, 0.1) is 6.92 Å². The van der Waals surface area contributed by atoms with E-state index in [1.807, 2.05) is 51.1 Å². The SMILES string of the molecule is Cc1ccc(CNC(=S)N2CCc3c(Cl)c(O)c(O)c(Cl)c3C2)cc1.Oc1c(O)c(Cl)c2c(c1Cl)CCCN(C(=S)NCCc1ccc(Cl)cc1)C2.Oc1c(O)c(Cl)c2c(c1Cl)CCN(C(=S)NCCc1ccc(Cl)c(Cl)c1)C2. The Balaban J connectivity index is 0.000000172. The summed E-state index contributed by atoms with van der Waals surface area (Å²) in [5, 5.41) is 73.6. The lowest BCUT2D eigenvalue weighted by atomic mass is 9.98. The highest BCUT2D eigenvalue weighted by Crippen LogP contribution is 2.48. The zero-order chi connectivity index (χ0) is 57.4. The van der Waals surface area contributed by atoms with Crippen molar-refractivity contribution in [1.82, 2.24) is 30.7 Å². The Hall–Kier alpha value is -4.20. The topological polar surface area (TPSA) is 167 Å². The molecular weight excluding hydrogens is 1260 g/mol. The first-order valence-corrected chi connectivity index (χ1v) is 29.2. The summed E-state index contributed by atoms with van der Waals surface area (Å²) in [6.45, 7) is 7.30. The van der Waals surface area contributed by atoms with Gasteiger partial charge in [0.1, 0.15) is 0 Å². The molecule has 79 heavy (non-hydrogen) atoms. The van der Waals surface area contributed by atoms with Gasteiger partial charge in [0, 0.05) is 63.9 Å². The molecule has 0 bridgehead atoms. The third kappa shape index (κ3) is 15.3. The zero-order valence-corrected chi connectivity index (χ0v) is 51.4. The van der Waals surface area contributed by atoms with E-state index in [1.165, 1.54) is 11.1 Å².